The monoisotopic (exact) mass is 302 g/mol. The van der Waals surface area contributed by atoms with Crippen LogP contribution in [-0.2, 0) is 7.05 Å². The van der Waals surface area contributed by atoms with E-state index >= 15 is 0 Å². The molecule has 112 valence electrons. The lowest BCUT2D eigenvalue weighted by atomic mass is 10.2. The molecule has 0 bridgehead atoms. The van der Waals surface area contributed by atoms with Crippen molar-refractivity contribution in [1.29, 1.82) is 0 Å². The van der Waals surface area contributed by atoms with E-state index in [1.54, 1.807) is 6.21 Å². The molecule has 0 amide bonds. The van der Waals surface area contributed by atoms with Crippen LogP contribution in [0.1, 0.15) is 5.56 Å². The highest BCUT2D eigenvalue weighted by Gasteiger charge is 2.11. The third-order valence-corrected chi connectivity index (χ3v) is 3.68. The summed E-state index contributed by atoms with van der Waals surface area (Å²) < 4.78 is 2.01. The van der Waals surface area contributed by atoms with E-state index in [2.05, 4.69) is 25.7 Å². The Hall–Kier alpha value is -3.28. The van der Waals surface area contributed by atoms with Crippen LogP contribution in [0.5, 0.6) is 0 Å². The number of hydrogen-bond acceptors (Lipinski definition) is 5. The van der Waals surface area contributed by atoms with E-state index in [1.165, 1.54) is 0 Å². The Balaban J connectivity index is 1.68. The Morgan fingerprint density at radius 3 is 2.65 bits per heavy atom. The number of anilines is 1. The first-order valence-electron chi connectivity index (χ1n) is 7.25. The molecule has 2 heterocycles. The molecule has 0 spiro atoms. The van der Waals surface area contributed by atoms with Crippen LogP contribution >= 0.6 is 0 Å². The van der Waals surface area contributed by atoms with Gasteiger partial charge in [0, 0.05) is 12.4 Å². The number of nitrogens with zero attached hydrogens (tertiary/aromatic N) is 5. The Kier molecular flexibility index (Phi) is 3.20. The summed E-state index contributed by atoms with van der Waals surface area (Å²) in [4.78, 5) is 4.51. The van der Waals surface area contributed by atoms with Crippen LogP contribution in [0.3, 0.4) is 0 Å². The van der Waals surface area contributed by atoms with E-state index in [0.29, 0.717) is 5.95 Å². The number of aryl methyl sites for hydroxylation is 1. The molecule has 4 rings (SSSR count). The predicted octanol–water partition coefficient (Wildman–Crippen LogP) is 2.96. The third-order valence-electron chi connectivity index (χ3n) is 3.68. The summed E-state index contributed by atoms with van der Waals surface area (Å²) >= 11 is 0. The van der Waals surface area contributed by atoms with Gasteiger partial charge in [0.15, 0.2) is 5.65 Å². The SMILES string of the molecule is Cn1c2ccccc2c2nnc(NN=Cc3ccccc3)nc21. The average molecular weight is 302 g/mol. The van der Waals surface area contributed by atoms with Gasteiger partial charge < -0.3 is 4.57 Å². The van der Waals surface area contributed by atoms with Gasteiger partial charge in [-0.1, -0.05) is 48.5 Å². The lowest BCUT2D eigenvalue weighted by Gasteiger charge is -1.99. The number of hydrogen-bond donors (Lipinski definition) is 1. The summed E-state index contributed by atoms with van der Waals surface area (Å²) in [5, 5.41) is 13.6. The fourth-order valence-corrected chi connectivity index (χ4v) is 2.56. The topological polar surface area (TPSA) is 68.0 Å². The molecular weight excluding hydrogens is 288 g/mol. The summed E-state index contributed by atoms with van der Waals surface area (Å²) in [6, 6.07) is 17.9. The Morgan fingerprint density at radius 1 is 1.00 bits per heavy atom. The number of aromatic nitrogens is 4. The van der Waals surface area contributed by atoms with Crippen molar-refractivity contribution in [3.05, 3.63) is 60.2 Å². The molecule has 0 saturated heterocycles. The molecule has 0 radical (unpaired) electrons. The van der Waals surface area contributed by atoms with Crippen LogP contribution in [-0.4, -0.2) is 26.0 Å². The van der Waals surface area contributed by atoms with Crippen molar-refractivity contribution in [2.45, 2.75) is 0 Å². The summed E-state index contributed by atoms with van der Waals surface area (Å²) in [5.41, 5.74) is 6.47. The van der Waals surface area contributed by atoms with Crippen molar-refractivity contribution in [2.75, 3.05) is 5.43 Å². The Bertz CT molecular complexity index is 1000. The van der Waals surface area contributed by atoms with Gasteiger partial charge in [-0.3, -0.25) is 0 Å². The second kappa shape index (κ2) is 5.49. The summed E-state index contributed by atoms with van der Waals surface area (Å²) in [6.07, 6.45) is 1.72. The van der Waals surface area contributed by atoms with E-state index in [4.69, 9.17) is 0 Å². The lowest BCUT2D eigenvalue weighted by Crippen LogP contribution is -2.00. The van der Waals surface area contributed by atoms with Gasteiger partial charge in [0.1, 0.15) is 5.52 Å². The van der Waals surface area contributed by atoms with Gasteiger partial charge in [-0.2, -0.15) is 10.1 Å². The lowest BCUT2D eigenvalue weighted by molar-refractivity contribution is 0.949. The normalized spacial score (nSPS) is 11.5. The fraction of sp³-hybridized carbons (Fsp3) is 0.0588. The van der Waals surface area contributed by atoms with Crippen LogP contribution in [0.2, 0.25) is 0 Å². The predicted molar refractivity (Wildman–Crippen MR) is 91.5 cm³/mol. The van der Waals surface area contributed by atoms with Gasteiger partial charge in [-0.05, 0) is 11.6 Å². The highest BCUT2D eigenvalue weighted by molar-refractivity contribution is 6.04. The molecule has 23 heavy (non-hydrogen) atoms. The summed E-state index contributed by atoms with van der Waals surface area (Å²) in [5.74, 6) is 0.371. The third kappa shape index (κ3) is 2.40. The molecular formula is C17H14N6. The molecule has 0 fully saturated rings. The molecule has 6 heteroatoms. The first-order chi connectivity index (χ1) is 11.3. The van der Waals surface area contributed by atoms with Crippen molar-refractivity contribution in [1.82, 2.24) is 19.7 Å². The minimum Gasteiger partial charge on any atom is -0.327 e. The maximum absolute atomic E-state index is 4.51. The highest BCUT2D eigenvalue weighted by Crippen LogP contribution is 2.24. The average Bonchev–Trinajstić information content (AvgIpc) is 2.89. The van der Waals surface area contributed by atoms with E-state index in [1.807, 2.05) is 66.2 Å². The summed E-state index contributed by atoms with van der Waals surface area (Å²) in [7, 11) is 1.97. The molecule has 1 N–H and O–H groups in total. The Labute approximate surface area is 132 Å². The van der Waals surface area contributed by atoms with Crippen molar-refractivity contribution in [3.63, 3.8) is 0 Å². The van der Waals surface area contributed by atoms with Crippen LogP contribution in [0.25, 0.3) is 22.1 Å². The first kappa shape index (κ1) is 13.4. The largest absolute Gasteiger partial charge is 0.327 e. The molecule has 2 aromatic heterocycles. The zero-order valence-corrected chi connectivity index (χ0v) is 12.5. The van der Waals surface area contributed by atoms with Crippen molar-refractivity contribution < 1.29 is 0 Å². The van der Waals surface area contributed by atoms with Crippen molar-refractivity contribution in [3.8, 4) is 0 Å². The first-order valence-corrected chi connectivity index (χ1v) is 7.25. The minimum atomic E-state index is 0.371. The zero-order chi connectivity index (χ0) is 15.6. The van der Waals surface area contributed by atoms with Crippen LogP contribution in [0.15, 0.2) is 59.7 Å². The van der Waals surface area contributed by atoms with Crippen LogP contribution in [0.4, 0.5) is 5.95 Å². The fourth-order valence-electron chi connectivity index (χ4n) is 2.56. The smallest absolute Gasteiger partial charge is 0.265 e. The van der Waals surface area contributed by atoms with E-state index < -0.39 is 0 Å². The molecule has 6 nitrogen and oxygen atoms in total. The number of benzene rings is 2. The number of para-hydroxylation sites is 1. The molecule has 4 aromatic rings. The maximum Gasteiger partial charge on any atom is 0.265 e. The van der Waals surface area contributed by atoms with Crippen LogP contribution in [0, 0.1) is 0 Å². The van der Waals surface area contributed by atoms with Gasteiger partial charge in [0.25, 0.3) is 5.95 Å². The van der Waals surface area contributed by atoms with Gasteiger partial charge in [0.05, 0.1) is 11.7 Å². The van der Waals surface area contributed by atoms with Crippen molar-refractivity contribution >= 4 is 34.2 Å². The van der Waals surface area contributed by atoms with Crippen molar-refractivity contribution in [2.24, 2.45) is 12.1 Å². The molecule has 0 saturated carbocycles. The summed E-state index contributed by atoms with van der Waals surface area (Å²) in [6.45, 7) is 0. The Morgan fingerprint density at radius 2 is 1.78 bits per heavy atom. The molecule has 0 aliphatic carbocycles. The van der Waals surface area contributed by atoms with E-state index in [9.17, 15) is 0 Å². The quantitative estimate of drug-likeness (QED) is 0.466. The highest BCUT2D eigenvalue weighted by atomic mass is 15.4. The van der Waals surface area contributed by atoms with E-state index in [0.717, 1.165) is 27.6 Å². The second-order valence-electron chi connectivity index (χ2n) is 5.16. The molecule has 2 aromatic carbocycles. The van der Waals surface area contributed by atoms with E-state index in [-0.39, 0.29) is 0 Å². The standard InChI is InChI=1S/C17H14N6/c1-23-14-10-6-5-9-13(14)15-16(23)19-17(22-20-15)21-18-11-12-7-3-2-4-8-12/h2-11H,1H3,(H,19,21,22). The van der Waals surface area contributed by atoms with Gasteiger partial charge in [-0.25, -0.2) is 5.43 Å². The number of hydrazone groups is 1. The van der Waals surface area contributed by atoms with Gasteiger partial charge in [-0.15, -0.1) is 10.2 Å². The van der Waals surface area contributed by atoms with Crippen LogP contribution < -0.4 is 5.43 Å². The van der Waals surface area contributed by atoms with Gasteiger partial charge in [0.2, 0.25) is 0 Å². The van der Waals surface area contributed by atoms with Gasteiger partial charge >= 0.3 is 0 Å². The number of rotatable bonds is 3. The number of fused-ring (bicyclic) bond motifs is 3. The molecule has 0 atom stereocenters. The minimum absolute atomic E-state index is 0.371. The molecule has 0 aliphatic rings. The number of nitrogens with one attached hydrogen (secondary N) is 1. The molecule has 0 unspecified atom stereocenters. The molecule has 0 aliphatic heterocycles. The maximum atomic E-state index is 4.51. The second-order valence-corrected chi connectivity index (χ2v) is 5.16. The zero-order valence-electron chi connectivity index (χ0n) is 12.5.